The molecule has 19 heavy (non-hydrogen) atoms. The van der Waals surface area contributed by atoms with Crippen molar-refractivity contribution < 1.29 is 9.59 Å². The number of aromatic nitrogens is 1. The highest BCUT2D eigenvalue weighted by atomic mass is 16.2. The summed E-state index contributed by atoms with van der Waals surface area (Å²) in [6, 6.07) is 3.24. The van der Waals surface area contributed by atoms with Crippen LogP contribution >= 0.6 is 0 Å². The summed E-state index contributed by atoms with van der Waals surface area (Å²) in [5.41, 5.74) is 6.32. The minimum Gasteiger partial charge on any atom is -0.325 e. The molecule has 1 aromatic heterocycles. The normalized spacial score (nSPS) is 22.8. The average molecular weight is 262 g/mol. The highest BCUT2D eigenvalue weighted by Crippen LogP contribution is 2.22. The molecular weight excluding hydrogens is 244 g/mol. The molecule has 1 saturated heterocycles. The lowest BCUT2D eigenvalue weighted by Crippen LogP contribution is -2.43. The van der Waals surface area contributed by atoms with Crippen LogP contribution in [0.5, 0.6) is 0 Å². The van der Waals surface area contributed by atoms with Crippen molar-refractivity contribution in [2.45, 2.75) is 38.9 Å². The van der Waals surface area contributed by atoms with Crippen LogP contribution in [-0.4, -0.2) is 27.4 Å². The summed E-state index contributed by atoms with van der Waals surface area (Å²) in [4.78, 5) is 29.4. The first-order chi connectivity index (χ1) is 9.00. The van der Waals surface area contributed by atoms with Crippen LogP contribution in [0.15, 0.2) is 18.3 Å². The SMILES string of the molecule is CCC1(C)NC(=O)N(Cc2ccnc(CN)c2)C1=O. The van der Waals surface area contributed by atoms with Gasteiger partial charge < -0.3 is 11.1 Å². The fourth-order valence-corrected chi connectivity index (χ4v) is 2.05. The molecule has 1 aromatic rings. The van der Waals surface area contributed by atoms with Crippen molar-refractivity contribution in [2.24, 2.45) is 5.73 Å². The van der Waals surface area contributed by atoms with E-state index < -0.39 is 5.54 Å². The second-order valence-corrected chi connectivity index (χ2v) is 4.87. The first kappa shape index (κ1) is 13.5. The number of hydrogen-bond acceptors (Lipinski definition) is 4. The maximum Gasteiger partial charge on any atom is 0.325 e. The molecule has 3 N–H and O–H groups in total. The van der Waals surface area contributed by atoms with E-state index in [2.05, 4.69) is 10.3 Å². The smallest absolute Gasteiger partial charge is 0.325 e. The molecule has 0 saturated carbocycles. The molecular formula is C13H18N4O2. The van der Waals surface area contributed by atoms with Gasteiger partial charge in [-0.25, -0.2) is 4.79 Å². The number of amides is 3. The Balaban J connectivity index is 2.19. The van der Waals surface area contributed by atoms with E-state index in [0.29, 0.717) is 13.0 Å². The zero-order valence-corrected chi connectivity index (χ0v) is 11.1. The van der Waals surface area contributed by atoms with Crippen LogP contribution in [0.3, 0.4) is 0 Å². The van der Waals surface area contributed by atoms with Crippen LogP contribution in [0, 0.1) is 0 Å². The van der Waals surface area contributed by atoms with Gasteiger partial charge in [0.1, 0.15) is 5.54 Å². The van der Waals surface area contributed by atoms with Crippen molar-refractivity contribution in [3.8, 4) is 0 Å². The van der Waals surface area contributed by atoms with Crippen molar-refractivity contribution in [1.82, 2.24) is 15.2 Å². The lowest BCUT2D eigenvalue weighted by atomic mass is 9.99. The maximum absolute atomic E-state index is 12.2. The summed E-state index contributed by atoms with van der Waals surface area (Å²) in [5, 5.41) is 2.73. The van der Waals surface area contributed by atoms with E-state index in [1.165, 1.54) is 4.90 Å². The molecule has 2 heterocycles. The van der Waals surface area contributed by atoms with E-state index in [-0.39, 0.29) is 18.5 Å². The molecule has 0 bridgehead atoms. The number of carbonyl (C=O) groups excluding carboxylic acids is 2. The molecule has 1 aliphatic heterocycles. The van der Waals surface area contributed by atoms with Gasteiger partial charge in [-0.1, -0.05) is 6.92 Å². The first-order valence-corrected chi connectivity index (χ1v) is 6.28. The van der Waals surface area contributed by atoms with Crippen LogP contribution in [0.1, 0.15) is 31.5 Å². The molecule has 102 valence electrons. The summed E-state index contributed by atoms with van der Waals surface area (Å²) < 4.78 is 0. The molecule has 0 aromatic carbocycles. The Morgan fingerprint density at radius 1 is 1.47 bits per heavy atom. The Morgan fingerprint density at radius 2 is 2.21 bits per heavy atom. The number of nitrogens with one attached hydrogen (secondary N) is 1. The molecule has 3 amide bonds. The summed E-state index contributed by atoms with van der Waals surface area (Å²) in [5.74, 6) is -0.189. The maximum atomic E-state index is 12.2. The van der Waals surface area contributed by atoms with E-state index in [0.717, 1.165) is 11.3 Å². The predicted molar refractivity (Wildman–Crippen MR) is 69.9 cm³/mol. The average Bonchev–Trinajstić information content (AvgIpc) is 2.63. The number of carbonyl (C=O) groups is 2. The molecule has 1 fully saturated rings. The third kappa shape index (κ3) is 2.44. The third-order valence-corrected chi connectivity index (χ3v) is 3.48. The van der Waals surface area contributed by atoms with Crippen LogP contribution in [0.4, 0.5) is 4.79 Å². The quantitative estimate of drug-likeness (QED) is 0.784. The Kier molecular flexibility index (Phi) is 3.53. The minimum atomic E-state index is -0.791. The molecule has 1 atom stereocenters. The Bertz CT molecular complexity index is 517. The van der Waals surface area contributed by atoms with Gasteiger partial charge >= 0.3 is 6.03 Å². The van der Waals surface area contributed by atoms with E-state index in [1.807, 2.05) is 13.0 Å². The van der Waals surface area contributed by atoms with E-state index in [9.17, 15) is 9.59 Å². The van der Waals surface area contributed by atoms with Crippen LogP contribution in [0.25, 0.3) is 0 Å². The summed E-state index contributed by atoms with van der Waals surface area (Å²) >= 11 is 0. The van der Waals surface area contributed by atoms with Gasteiger partial charge in [-0.05, 0) is 31.0 Å². The Morgan fingerprint density at radius 3 is 2.79 bits per heavy atom. The first-order valence-electron chi connectivity index (χ1n) is 6.28. The van der Waals surface area contributed by atoms with Gasteiger partial charge in [0.05, 0.1) is 12.2 Å². The fourth-order valence-electron chi connectivity index (χ4n) is 2.05. The van der Waals surface area contributed by atoms with Gasteiger partial charge in [0.15, 0.2) is 0 Å². The number of rotatable bonds is 4. The van der Waals surface area contributed by atoms with E-state index in [4.69, 9.17) is 5.73 Å². The number of nitrogens with two attached hydrogens (primary N) is 1. The van der Waals surface area contributed by atoms with Gasteiger partial charge in [0.2, 0.25) is 0 Å². The van der Waals surface area contributed by atoms with Crippen LogP contribution < -0.4 is 11.1 Å². The molecule has 0 radical (unpaired) electrons. The highest BCUT2D eigenvalue weighted by Gasteiger charge is 2.46. The molecule has 2 rings (SSSR count). The van der Waals surface area contributed by atoms with Crippen LogP contribution in [0.2, 0.25) is 0 Å². The van der Waals surface area contributed by atoms with Crippen molar-refractivity contribution >= 4 is 11.9 Å². The number of hydrogen-bond donors (Lipinski definition) is 2. The lowest BCUT2D eigenvalue weighted by Gasteiger charge is -2.19. The molecule has 0 spiro atoms. The fraction of sp³-hybridized carbons (Fsp3) is 0.462. The van der Waals surface area contributed by atoms with Crippen molar-refractivity contribution in [3.05, 3.63) is 29.6 Å². The van der Waals surface area contributed by atoms with Crippen molar-refractivity contribution in [3.63, 3.8) is 0 Å². The number of nitrogens with zero attached hydrogens (tertiary/aromatic N) is 2. The summed E-state index contributed by atoms with van der Waals surface area (Å²) in [6.07, 6.45) is 2.20. The minimum absolute atomic E-state index is 0.189. The molecule has 1 unspecified atom stereocenters. The van der Waals surface area contributed by atoms with Gasteiger partial charge in [0.25, 0.3) is 5.91 Å². The Labute approximate surface area is 112 Å². The van der Waals surface area contributed by atoms with E-state index >= 15 is 0 Å². The zero-order valence-electron chi connectivity index (χ0n) is 11.1. The van der Waals surface area contributed by atoms with Gasteiger partial charge in [-0.2, -0.15) is 0 Å². The molecule has 1 aliphatic rings. The van der Waals surface area contributed by atoms with Gasteiger partial charge in [-0.3, -0.25) is 14.7 Å². The second kappa shape index (κ2) is 4.97. The van der Waals surface area contributed by atoms with E-state index in [1.54, 1.807) is 19.2 Å². The van der Waals surface area contributed by atoms with Gasteiger partial charge in [0, 0.05) is 12.7 Å². The van der Waals surface area contributed by atoms with Crippen molar-refractivity contribution in [2.75, 3.05) is 0 Å². The zero-order chi connectivity index (χ0) is 14.0. The number of imide groups is 1. The summed E-state index contributed by atoms with van der Waals surface area (Å²) in [7, 11) is 0. The summed E-state index contributed by atoms with van der Waals surface area (Å²) in [6.45, 7) is 4.20. The largest absolute Gasteiger partial charge is 0.325 e. The monoisotopic (exact) mass is 262 g/mol. The van der Waals surface area contributed by atoms with Gasteiger partial charge in [-0.15, -0.1) is 0 Å². The molecule has 6 heteroatoms. The standard InChI is InChI=1S/C13H18N4O2/c1-3-13(2)11(18)17(12(19)16-13)8-9-4-5-15-10(6-9)7-14/h4-6H,3,7-8,14H2,1-2H3,(H,16,19). The number of pyridine rings is 1. The lowest BCUT2D eigenvalue weighted by molar-refractivity contribution is -0.131. The van der Waals surface area contributed by atoms with Crippen LogP contribution in [-0.2, 0) is 17.9 Å². The molecule has 6 nitrogen and oxygen atoms in total. The Hall–Kier alpha value is -1.95. The topological polar surface area (TPSA) is 88.3 Å². The second-order valence-electron chi connectivity index (χ2n) is 4.87. The van der Waals surface area contributed by atoms with Crippen molar-refractivity contribution in [1.29, 1.82) is 0 Å². The predicted octanol–water partition coefficient (Wildman–Crippen LogP) is 0.761. The molecule has 0 aliphatic carbocycles. The number of urea groups is 1. The highest BCUT2D eigenvalue weighted by molar-refractivity contribution is 6.06. The third-order valence-electron chi connectivity index (χ3n) is 3.48.